The van der Waals surface area contributed by atoms with Crippen molar-refractivity contribution in [2.45, 2.75) is 33.1 Å². The highest BCUT2D eigenvalue weighted by molar-refractivity contribution is 5.95. The Morgan fingerprint density at radius 3 is 2.37 bits per heavy atom. The van der Waals surface area contributed by atoms with Crippen LogP contribution in [0.5, 0.6) is 0 Å². The van der Waals surface area contributed by atoms with Crippen LogP contribution in [0.2, 0.25) is 0 Å². The van der Waals surface area contributed by atoms with E-state index in [-0.39, 0.29) is 11.2 Å². The second kappa shape index (κ2) is 7.53. The number of carbonyl (C=O) groups is 1. The van der Waals surface area contributed by atoms with Gasteiger partial charge >= 0.3 is 0 Å². The Morgan fingerprint density at radius 2 is 1.70 bits per heavy atom. The lowest BCUT2D eigenvalue weighted by atomic mass is 9.87. The van der Waals surface area contributed by atoms with Gasteiger partial charge in [0.15, 0.2) is 11.6 Å². The summed E-state index contributed by atoms with van der Waals surface area (Å²) in [6.07, 6.45) is 1.54. The normalized spacial score (nSPS) is 11.1. The zero-order valence-electron chi connectivity index (χ0n) is 15.9. The smallest absolute Gasteiger partial charge is 0.249 e. The molecule has 6 heteroatoms. The standard InChI is InChI=1S/C21H23N5O/c1-14(27)15-6-5-7-18(12-15)23-19-13-22-26-20(25-19)24-17-10-8-16(9-11-17)21(2,3)4/h5-13H,1-4H3,(H2,23,24,25,26). The summed E-state index contributed by atoms with van der Waals surface area (Å²) >= 11 is 0. The molecule has 0 fully saturated rings. The number of nitrogens with one attached hydrogen (secondary N) is 2. The van der Waals surface area contributed by atoms with Crippen LogP contribution in [0.3, 0.4) is 0 Å². The average molecular weight is 361 g/mol. The average Bonchev–Trinajstić information content (AvgIpc) is 2.62. The molecule has 1 aromatic heterocycles. The molecular formula is C21H23N5O. The molecule has 6 nitrogen and oxygen atoms in total. The van der Waals surface area contributed by atoms with Crippen molar-refractivity contribution in [1.29, 1.82) is 0 Å². The number of aromatic nitrogens is 3. The van der Waals surface area contributed by atoms with Gasteiger partial charge in [0.1, 0.15) is 0 Å². The van der Waals surface area contributed by atoms with Crippen LogP contribution >= 0.6 is 0 Å². The number of nitrogens with zero attached hydrogens (tertiary/aromatic N) is 3. The molecule has 0 saturated heterocycles. The number of hydrogen-bond donors (Lipinski definition) is 2. The van der Waals surface area contributed by atoms with Gasteiger partial charge in [-0.3, -0.25) is 4.79 Å². The Labute approximate surface area is 159 Å². The summed E-state index contributed by atoms with van der Waals surface area (Å²) in [4.78, 5) is 15.9. The first kappa shape index (κ1) is 18.5. The van der Waals surface area contributed by atoms with Gasteiger partial charge in [0.05, 0.1) is 6.20 Å². The van der Waals surface area contributed by atoms with E-state index in [4.69, 9.17) is 0 Å². The molecule has 27 heavy (non-hydrogen) atoms. The number of anilines is 4. The monoisotopic (exact) mass is 361 g/mol. The zero-order chi connectivity index (χ0) is 19.4. The van der Waals surface area contributed by atoms with Crippen molar-refractivity contribution in [3.05, 3.63) is 65.9 Å². The van der Waals surface area contributed by atoms with Gasteiger partial charge in [0, 0.05) is 16.9 Å². The Kier molecular flexibility index (Phi) is 5.16. The Balaban J connectivity index is 1.74. The number of rotatable bonds is 5. The van der Waals surface area contributed by atoms with Gasteiger partial charge in [0.2, 0.25) is 5.95 Å². The highest BCUT2D eigenvalue weighted by Crippen LogP contribution is 2.24. The second-order valence-electron chi connectivity index (χ2n) is 7.38. The molecule has 0 aliphatic rings. The van der Waals surface area contributed by atoms with Crippen LogP contribution in [0, 0.1) is 0 Å². The molecule has 3 aromatic rings. The molecule has 0 atom stereocenters. The minimum atomic E-state index is 0.0144. The van der Waals surface area contributed by atoms with Crippen LogP contribution in [0.25, 0.3) is 0 Å². The van der Waals surface area contributed by atoms with E-state index in [0.717, 1.165) is 11.4 Å². The minimum absolute atomic E-state index is 0.0144. The third-order valence-electron chi connectivity index (χ3n) is 4.11. The van der Waals surface area contributed by atoms with Crippen molar-refractivity contribution in [2.24, 2.45) is 0 Å². The zero-order valence-corrected chi connectivity index (χ0v) is 15.9. The van der Waals surface area contributed by atoms with Crippen LogP contribution in [0.4, 0.5) is 23.1 Å². The van der Waals surface area contributed by atoms with E-state index >= 15 is 0 Å². The molecule has 2 N–H and O–H groups in total. The van der Waals surface area contributed by atoms with E-state index in [9.17, 15) is 4.79 Å². The van der Waals surface area contributed by atoms with Crippen LogP contribution in [0.15, 0.2) is 54.7 Å². The summed E-state index contributed by atoms with van der Waals surface area (Å²) in [5.74, 6) is 0.950. The molecule has 0 aliphatic carbocycles. The maximum Gasteiger partial charge on any atom is 0.249 e. The van der Waals surface area contributed by atoms with Gasteiger partial charge in [-0.1, -0.05) is 45.0 Å². The fraction of sp³-hybridized carbons (Fsp3) is 0.238. The van der Waals surface area contributed by atoms with Crippen molar-refractivity contribution >= 4 is 28.9 Å². The lowest BCUT2D eigenvalue weighted by Crippen LogP contribution is -2.10. The molecular weight excluding hydrogens is 338 g/mol. The molecule has 138 valence electrons. The summed E-state index contributed by atoms with van der Waals surface area (Å²) in [5.41, 5.74) is 3.66. The van der Waals surface area contributed by atoms with Crippen LogP contribution in [0.1, 0.15) is 43.6 Å². The van der Waals surface area contributed by atoms with Gasteiger partial charge in [-0.25, -0.2) is 0 Å². The third kappa shape index (κ3) is 4.88. The first-order chi connectivity index (χ1) is 12.8. The van der Waals surface area contributed by atoms with Crippen molar-refractivity contribution < 1.29 is 4.79 Å². The lowest BCUT2D eigenvalue weighted by molar-refractivity contribution is 0.101. The Hall–Kier alpha value is -3.28. The highest BCUT2D eigenvalue weighted by Gasteiger charge is 2.13. The predicted molar refractivity (Wildman–Crippen MR) is 108 cm³/mol. The van der Waals surface area contributed by atoms with Crippen molar-refractivity contribution in [3.8, 4) is 0 Å². The summed E-state index contributed by atoms with van der Waals surface area (Å²) in [6, 6.07) is 15.4. The topological polar surface area (TPSA) is 79.8 Å². The number of carbonyl (C=O) groups excluding carboxylic acids is 1. The molecule has 0 unspecified atom stereocenters. The molecule has 0 spiro atoms. The van der Waals surface area contributed by atoms with Crippen LogP contribution in [-0.2, 0) is 5.41 Å². The number of ketones is 1. The van der Waals surface area contributed by atoms with E-state index < -0.39 is 0 Å². The van der Waals surface area contributed by atoms with E-state index in [1.807, 2.05) is 24.3 Å². The van der Waals surface area contributed by atoms with Gasteiger partial charge in [-0.2, -0.15) is 10.1 Å². The summed E-state index contributed by atoms with van der Waals surface area (Å²) in [6.45, 7) is 8.08. The predicted octanol–water partition coefficient (Wildman–Crippen LogP) is 4.86. The third-order valence-corrected chi connectivity index (χ3v) is 4.11. The summed E-state index contributed by atoms with van der Waals surface area (Å²) in [5, 5.41) is 14.3. The van der Waals surface area contributed by atoms with E-state index in [2.05, 4.69) is 58.7 Å². The van der Waals surface area contributed by atoms with Gasteiger partial charge in [-0.05, 0) is 42.2 Å². The van der Waals surface area contributed by atoms with E-state index in [1.54, 1.807) is 12.1 Å². The van der Waals surface area contributed by atoms with Gasteiger partial charge < -0.3 is 10.6 Å². The largest absolute Gasteiger partial charge is 0.339 e. The molecule has 1 heterocycles. The molecule has 3 rings (SSSR count). The SMILES string of the molecule is CC(=O)c1cccc(Nc2cnnc(Nc3ccc(C(C)(C)C)cc3)n2)c1. The maximum atomic E-state index is 11.5. The summed E-state index contributed by atoms with van der Waals surface area (Å²) in [7, 11) is 0. The van der Waals surface area contributed by atoms with Crippen molar-refractivity contribution in [3.63, 3.8) is 0 Å². The number of benzene rings is 2. The fourth-order valence-corrected chi connectivity index (χ4v) is 2.56. The molecule has 0 saturated carbocycles. The van der Waals surface area contributed by atoms with Crippen LogP contribution in [-0.4, -0.2) is 21.0 Å². The molecule has 0 amide bonds. The Morgan fingerprint density at radius 1 is 0.963 bits per heavy atom. The van der Waals surface area contributed by atoms with E-state index in [0.29, 0.717) is 17.3 Å². The van der Waals surface area contributed by atoms with E-state index in [1.165, 1.54) is 18.7 Å². The quantitative estimate of drug-likeness (QED) is 0.632. The van der Waals surface area contributed by atoms with Gasteiger partial charge in [0.25, 0.3) is 0 Å². The minimum Gasteiger partial charge on any atom is -0.339 e. The van der Waals surface area contributed by atoms with Crippen molar-refractivity contribution in [1.82, 2.24) is 15.2 Å². The molecule has 2 aromatic carbocycles. The highest BCUT2D eigenvalue weighted by atomic mass is 16.1. The fourth-order valence-electron chi connectivity index (χ4n) is 2.56. The second-order valence-corrected chi connectivity index (χ2v) is 7.38. The first-order valence-corrected chi connectivity index (χ1v) is 8.76. The number of Topliss-reactive ketones (excluding diaryl/α,β-unsaturated/α-hetero) is 1. The number of hydrogen-bond acceptors (Lipinski definition) is 6. The Bertz CT molecular complexity index is 945. The van der Waals surface area contributed by atoms with Crippen LogP contribution < -0.4 is 10.6 Å². The molecule has 0 aliphatic heterocycles. The van der Waals surface area contributed by atoms with Crippen molar-refractivity contribution in [2.75, 3.05) is 10.6 Å². The van der Waals surface area contributed by atoms with Gasteiger partial charge in [-0.15, -0.1) is 5.10 Å². The lowest BCUT2D eigenvalue weighted by Gasteiger charge is -2.19. The molecule has 0 radical (unpaired) electrons. The maximum absolute atomic E-state index is 11.5. The molecule has 0 bridgehead atoms. The first-order valence-electron chi connectivity index (χ1n) is 8.76. The summed E-state index contributed by atoms with van der Waals surface area (Å²) < 4.78 is 0.